The van der Waals surface area contributed by atoms with Crippen LogP contribution in [0.25, 0.3) is 72.0 Å². The molecule has 10 aromatic rings. The maximum atomic E-state index is 10.1. The van der Waals surface area contributed by atoms with Gasteiger partial charge in [0.15, 0.2) is 0 Å². The number of anilines is 3. The molecule has 0 bridgehead atoms. The van der Waals surface area contributed by atoms with Gasteiger partial charge in [0.2, 0.25) is 0 Å². The summed E-state index contributed by atoms with van der Waals surface area (Å²) in [6.07, 6.45) is 0. The van der Waals surface area contributed by atoms with E-state index in [2.05, 4.69) is 95.6 Å². The average Bonchev–Trinajstić information content (AvgIpc) is 3.64. The van der Waals surface area contributed by atoms with Crippen molar-refractivity contribution in [1.82, 2.24) is 4.57 Å². The highest BCUT2D eigenvalue weighted by atomic mass is 15.1. The minimum Gasteiger partial charge on any atom is -0.310 e. The van der Waals surface area contributed by atoms with E-state index in [9.17, 15) is 5.48 Å². The standard InChI is InChI=1S/C54H38N2/c1-5-16-39(17-6-1)41-28-32-47(33-29-41)55(53-34-30-44(40-18-7-2-8-19-40)37-50(53)42-20-9-3-10-21-42)48-25-15-22-43(36-48)45-31-35-54-51(38-45)49-26-13-14-27-52(49)56(54)46-23-11-4-12-24-46/h1-38H/i15D,22D,25D,36D. The van der Waals surface area contributed by atoms with Crippen LogP contribution in [0.15, 0.2) is 230 Å². The smallest absolute Gasteiger partial charge is 0.0651 e. The maximum Gasteiger partial charge on any atom is 0.0651 e. The first-order valence-corrected chi connectivity index (χ1v) is 18.9. The van der Waals surface area contributed by atoms with Crippen LogP contribution in [0.3, 0.4) is 0 Å². The van der Waals surface area contributed by atoms with Gasteiger partial charge in [-0.25, -0.2) is 0 Å². The number of aromatic nitrogens is 1. The van der Waals surface area contributed by atoms with Gasteiger partial charge in [0.1, 0.15) is 0 Å². The Bertz CT molecular complexity index is 3160. The predicted octanol–water partition coefficient (Wildman–Crippen LogP) is 14.9. The molecule has 0 amide bonds. The third-order valence-corrected chi connectivity index (χ3v) is 10.5. The topological polar surface area (TPSA) is 8.17 Å². The second-order valence-corrected chi connectivity index (χ2v) is 13.9. The lowest BCUT2D eigenvalue weighted by Crippen LogP contribution is -2.11. The van der Waals surface area contributed by atoms with Crippen LogP contribution in [-0.4, -0.2) is 4.57 Å². The van der Waals surface area contributed by atoms with E-state index in [4.69, 9.17) is 0 Å². The monoisotopic (exact) mass is 718 g/mol. The molecule has 0 saturated heterocycles. The van der Waals surface area contributed by atoms with Gasteiger partial charge in [-0.3, -0.25) is 0 Å². The zero-order valence-electron chi connectivity index (χ0n) is 34.5. The van der Waals surface area contributed by atoms with Gasteiger partial charge in [0.05, 0.1) is 22.2 Å². The molecular weight excluding hydrogens is 677 g/mol. The number of benzene rings is 9. The number of hydrogen-bond donors (Lipinski definition) is 0. The van der Waals surface area contributed by atoms with Crippen LogP contribution < -0.4 is 4.90 Å². The van der Waals surface area contributed by atoms with E-state index < -0.39 is 0 Å². The van der Waals surface area contributed by atoms with Gasteiger partial charge in [-0.15, -0.1) is 0 Å². The fourth-order valence-electron chi connectivity index (χ4n) is 7.79. The maximum absolute atomic E-state index is 10.1. The second kappa shape index (κ2) is 14.4. The van der Waals surface area contributed by atoms with Crippen molar-refractivity contribution in [3.63, 3.8) is 0 Å². The molecule has 264 valence electrons. The summed E-state index contributed by atoms with van der Waals surface area (Å²) in [7, 11) is 0. The first-order valence-electron chi connectivity index (χ1n) is 20.9. The molecule has 0 saturated carbocycles. The third-order valence-electron chi connectivity index (χ3n) is 10.5. The molecule has 2 heteroatoms. The van der Waals surface area contributed by atoms with Gasteiger partial charge in [-0.05, 0) is 106 Å². The van der Waals surface area contributed by atoms with Crippen LogP contribution in [0.4, 0.5) is 17.1 Å². The molecule has 0 atom stereocenters. The summed E-state index contributed by atoms with van der Waals surface area (Å²) in [6.45, 7) is 0. The first-order chi connectivity index (χ1) is 29.5. The number of hydrogen-bond acceptors (Lipinski definition) is 1. The van der Waals surface area contributed by atoms with Crippen molar-refractivity contribution in [3.05, 3.63) is 230 Å². The lowest BCUT2D eigenvalue weighted by Gasteiger charge is -2.29. The molecular formula is C54H38N2. The highest BCUT2D eigenvalue weighted by molar-refractivity contribution is 6.10. The predicted molar refractivity (Wildman–Crippen MR) is 237 cm³/mol. The minimum absolute atomic E-state index is 0.00503. The van der Waals surface area contributed by atoms with Crippen molar-refractivity contribution in [2.45, 2.75) is 0 Å². The summed E-state index contributed by atoms with van der Waals surface area (Å²) >= 11 is 0. The summed E-state index contributed by atoms with van der Waals surface area (Å²) in [5.74, 6) is 0. The summed E-state index contributed by atoms with van der Waals surface area (Å²) in [4.78, 5) is 1.94. The quantitative estimate of drug-likeness (QED) is 0.152. The van der Waals surface area contributed by atoms with Gasteiger partial charge < -0.3 is 9.47 Å². The molecule has 56 heavy (non-hydrogen) atoms. The van der Waals surface area contributed by atoms with Crippen LogP contribution in [0, 0.1) is 0 Å². The van der Waals surface area contributed by atoms with E-state index in [0.717, 1.165) is 72.2 Å². The first kappa shape index (κ1) is 29.0. The molecule has 9 aromatic carbocycles. The van der Waals surface area contributed by atoms with Crippen molar-refractivity contribution < 1.29 is 5.48 Å². The summed E-state index contributed by atoms with van der Waals surface area (Å²) in [6, 6.07) is 69.0. The molecule has 0 unspecified atom stereocenters. The van der Waals surface area contributed by atoms with Crippen LogP contribution in [0.1, 0.15) is 5.48 Å². The Kier molecular flexibility index (Phi) is 7.47. The van der Waals surface area contributed by atoms with Gasteiger partial charge in [0.25, 0.3) is 0 Å². The van der Waals surface area contributed by atoms with Crippen LogP contribution in [-0.2, 0) is 0 Å². The number of rotatable bonds is 8. The zero-order chi connectivity index (χ0) is 40.7. The molecule has 0 aliphatic rings. The zero-order valence-corrected chi connectivity index (χ0v) is 30.5. The van der Waals surface area contributed by atoms with Gasteiger partial charge in [-0.1, -0.05) is 164 Å². The largest absolute Gasteiger partial charge is 0.310 e. The van der Waals surface area contributed by atoms with Crippen LogP contribution >= 0.6 is 0 Å². The molecule has 0 fully saturated rings. The van der Waals surface area contributed by atoms with Crippen molar-refractivity contribution in [2.24, 2.45) is 0 Å². The normalized spacial score (nSPS) is 12.2. The molecule has 0 spiro atoms. The van der Waals surface area contributed by atoms with Gasteiger partial charge in [0, 0.05) is 33.4 Å². The van der Waals surface area contributed by atoms with Crippen molar-refractivity contribution in [3.8, 4) is 50.2 Å². The molecule has 0 aliphatic heterocycles. The Hall–Kier alpha value is -7.42. The number of fused-ring (bicyclic) bond motifs is 3. The molecule has 2 nitrogen and oxygen atoms in total. The van der Waals surface area contributed by atoms with E-state index in [1.54, 1.807) is 0 Å². The Labute approximate surface area is 333 Å². The molecule has 10 rings (SSSR count). The second-order valence-electron chi connectivity index (χ2n) is 13.9. The lowest BCUT2D eigenvalue weighted by molar-refractivity contribution is 1.18. The molecule has 1 aromatic heterocycles. The van der Waals surface area contributed by atoms with Crippen molar-refractivity contribution in [1.29, 1.82) is 0 Å². The highest BCUT2D eigenvalue weighted by Crippen LogP contribution is 2.44. The van der Waals surface area contributed by atoms with Gasteiger partial charge in [-0.2, -0.15) is 0 Å². The van der Waals surface area contributed by atoms with Crippen LogP contribution in [0.5, 0.6) is 0 Å². The average molecular weight is 719 g/mol. The summed E-state index contributed by atoms with van der Waals surface area (Å²) in [5, 5.41) is 2.02. The Morgan fingerprint density at radius 1 is 0.375 bits per heavy atom. The summed E-state index contributed by atoms with van der Waals surface area (Å²) < 4.78 is 40.5. The Morgan fingerprint density at radius 3 is 1.62 bits per heavy atom. The van der Waals surface area contributed by atoms with Crippen LogP contribution in [0.2, 0.25) is 0 Å². The minimum atomic E-state index is -0.240. The Morgan fingerprint density at radius 2 is 0.911 bits per heavy atom. The van der Waals surface area contributed by atoms with Crippen molar-refractivity contribution in [2.75, 3.05) is 4.90 Å². The van der Waals surface area contributed by atoms with E-state index in [-0.39, 0.29) is 29.9 Å². The number of para-hydroxylation sites is 2. The van der Waals surface area contributed by atoms with E-state index in [1.165, 1.54) is 0 Å². The third kappa shape index (κ3) is 6.14. The SMILES string of the molecule is [2H]c1c([2H])c(-c2ccc3c(c2)c2ccccc2n3-c2ccccc2)c([2H])c(N(c2ccc(-c3ccccc3)cc2)c2ccc(-c3ccccc3)cc2-c2ccccc2)c1[2H]. The fourth-order valence-corrected chi connectivity index (χ4v) is 7.79. The van der Waals surface area contributed by atoms with Gasteiger partial charge >= 0.3 is 0 Å². The number of nitrogens with zero attached hydrogens (tertiary/aromatic N) is 2. The molecule has 0 aliphatic carbocycles. The lowest BCUT2D eigenvalue weighted by atomic mass is 9.95. The van der Waals surface area contributed by atoms with Crippen molar-refractivity contribution >= 4 is 38.9 Å². The highest BCUT2D eigenvalue weighted by Gasteiger charge is 2.20. The summed E-state index contributed by atoms with van der Waals surface area (Å²) in [5.41, 5.74) is 11.8. The molecule has 1 heterocycles. The molecule has 0 N–H and O–H groups in total. The fraction of sp³-hybridized carbons (Fsp3) is 0. The van der Waals surface area contributed by atoms with E-state index >= 15 is 0 Å². The van der Waals surface area contributed by atoms with E-state index in [0.29, 0.717) is 11.1 Å². The van der Waals surface area contributed by atoms with E-state index in [1.807, 2.05) is 120 Å². The molecule has 0 radical (unpaired) electrons. The Balaban J connectivity index is 1.22.